The number of carbonyl (C=O) groups is 1. The summed E-state index contributed by atoms with van der Waals surface area (Å²) in [5, 5.41) is 0. The third kappa shape index (κ3) is 3.88. The van der Waals surface area contributed by atoms with Crippen LogP contribution in [-0.2, 0) is 9.53 Å². The van der Waals surface area contributed by atoms with E-state index < -0.39 is 0 Å². The second kappa shape index (κ2) is 5.71. The maximum absolute atomic E-state index is 11.7. The number of rotatable bonds is 2. The van der Waals surface area contributed by atoms with Crippen LogP contribution >= 0.6 is 0 Å². The SMILES string of the molecule is C/C=C/C=C/C(=O)N1CC(C)OC(C)C1. The smallest absolute Gasteiger partial charge is 0.246 e. The predicted octanol–water partition coefficient (Wildman–Crippen LogP) is 1.75. The highest BCUT2D eigenvalue weighted by Crippen LogP contribution is 2.10. The Hall–Kier alpha value is -1.09. The molecule has 1 heterocycles. The van der Waals surface area contributed by atoms with Crippen molar-refractivity contribution < 1.29 is 9.53 Å². The highest BCUT2D eigenvalue weighted by Gasteiger charge is 2.24. The average Bonchev–Trinajstić information content (AvgIpc) is 2.16. The van der Waals surface area contributed by atoms with Crippen molar-refractivity contribution >= 4 is 5.91 Å². The monoisotopic (exact) mass is 209 g/mol. The largest absolute Gasteiger partial charge is 0.372 e. The number of carbonyl (C=O) groups excluding carboxylic acids is 1. The van der Waals surface area contributed by atoms with Crippen LogP contribution in [0.5, 0.6) is 0 Å². The molecule has 1 aliphatic heterocycles. The molecule has 0 radical (unpaired) electrons. The molecular weight excluding hydrogens is 190 g/mol. The predicted molar refractivity (Wildman–Crippen MR) is 60.5 cm³/mol. The summed E-state index contributed by atoms with van der Waals surface area (Å²) in [6, 6.07) is 0. The van der Waals surface area contributed by atoms with E-state index in [9.17, 15) is 4.79 Å². The zero-order valence-corrected chi connectivity index (χ0v) is 9.64. The van der Waals surface area contributed by atoms with Crippen molar-refractivity contribution in [2.75, 3.05) is 13.1 Å². The van der Waals surface area contributed by atoms with Gasteiger partial charge < -0.3 is 9.64 Å². The van der Waals surface area contributed by atoms with E-state index >= 15 is 0 Å². The summed E-state index contributed by atoms with van der Waals surface area (Å²) in [6.07, 6.45) is 7.39. The Morgan fingerprint density at radius 2 is 1.87 bits per heavy atom. The molecule has 1 rings (SSSR count). The maximum atomic E-state index is 11.7. The number of hydrogen-bond donors (Lipinski definition) is 0. The summed E-state index contributed by atoms with van der Waals surface area (Å²) in [6.45, 7) is 7.28. The lowest BCUT2D eigenvalue weighted by molar-refractivity contribution is -0.138. The molecule has 15 heavy (non-hydrogen) atoms. The van der Waals surface area contributed by atoms with Crippen LogP contribution in [0.25, 0.3) is 0 Å². The number of amides is 1. The van der Waals surface area contributed by atoms with Gasteiger partial charge in [0.2, 0.25) is 5.91 Å². The molecule has 0 bridgehead atoms. The van der Waals surface area contributed by atoms with Gasteiger partial charge in [-0.05, 0) is 20.8 Å². The molecule has 0 aromatic rings. The first-order valence-corrected chi connectivity index (χ1v) is 5.37. The van der Waals surface area contributed by atoms with Crippen molar-refractivity contribution in [3.05, 3.63) is 24.3 Å². The average molecular weight is 209 g/mol. The Labute approximate surface area is 91.4 Å². The lowest BCUT2D eigenvalue weighted by Crippen LogP contribution is -2.47. The van der Waals surface area contributed by atoms with Gasteiger partial charge in [-0.3, -0.25) is 4.79 Å². The minimum Gasteiger partial charge on any atom is -0.372 e. The van der Waals surface area contributed by atoms with E-state index in [0.29, 0.717) is 13.1 Å². The van der Waals surface area contributed by atoms with Crippen molar-refractivity contribution in [1.82, 2.24) is 4.90 Å². The lowest BCUT2D eigenvalue weighted by Gasteiger charge is -2.34. The standard InChI is InChI=1S/C12H19NO2/c1-4-5-6-7-12(14)13-8-10(2)15-11(3)9-13/h4-7,10-11H,8-9H2,1-3H3/b5-4+,7-6+. The zero-order chi connectivity index (χ0) is 11.3. The van der Waals surface area contributed by atoms with Gasteiger partial charge in [-0.2, -0.15) is 0 Å². The highest BCUT2D eigenvalue weighted by atomic mass is 16.5. The van der Waals surface area contributed by atoms with Gasteiger partial charge in [0.15, 0.2) is 0 Å². The fourth-order valence-electron chi connectivity index (χ4n) is 1.71. The van der Waals surface area contributed by atoms with Crippen LogP contribution in [0.4, 0.5) is 0 Å². The molecule has 2 unspecified atom stereocenters. The molecule has 0 saturated carbocycles. The van der Waals surface area contributed by atoms with Gasteiger partial charge >= 0.3 is 0 Å². The summed E-state index contributed by atoms with van der Waals surface area (Å²) in [7, 11) is 0. The normalized spacial score (nSPS) is 27.8. The van der Waals surface area contributed by atoms with Crippen molar-refractivity contribution in [1.29, 1.82) is 0 Å². The third-order valence-electron chi connectivity index (χ3n) is 2.27. The first-order chi connectivity index (χ1) is 7.13. The Kier molecular flexibility index (Phi) is 4.56. The minimum atomic E-state index is 0.0649. The summed E-state index contributed by atoms with van der Waals surface area (Å²) in [5.41, 5.74) is 0. The van der Waals surface area contributed by atoms with Crippen molar-refractivity contribution in [3.63, 3.8) is 0 Å². The molecule has 1 saturated heterocycles. The van der Waals surface area contributed by atoms with Gasteiger partial charge in [0.1, 0.15) is 0 Å². The molecule has 84 valence electrons. The summed E-state index contributed by atoms with van der Waals surface area (Å²) in [4.78, 5) is 13.5. The number of ether oxygens (including phenoxy) is 1. The fraction of sp³-hybridized carbons (Fsp3) is 0.583. The van der Waals surface area contributed by atoms with Crippen molar-refractivity contribution in [2.24, 2.45) is 0 Å². The molecule has 0 spiro atoms. The third-order valence-corrected chi connectivity index (χ3v) is 2.27. The van der Waals surface area contributed by atoms with Crippen molar-refractivity contribution in [2.45, 2.75) is 33.0 Å². The van der Waals surface area contributed by atoms with Crippen LogP contribution in [0.1, 0.15) is 20.8 Å². The molecule has 0 aromatic heterocycles. The van der Waals surface area contributed by atoms with E-state index in [4.69, 9.17) is 4.74 Å². The van der Waals surface area contributed by atoms with E-state index in [1.165, 1.54) is 0 Å². The number of hydrogen-bond acceptors (Lipinski definition) is 2. The number of nitrogens with zero attached hydrogens (tertiary/aromatic N) is 1. The molecule has 3 nitrogen and oxygen atoms in total. The van der Waals surface area contributed by atoms with Crippen LogP contribution in [0, 0.1) is 0 Å². The Morgan fingerprint density at radius 3 is 2.40 bits per heavy atom. The van der Waals surface area contributed by atoms with E-state index in [2.05, 4.69) is 0 Å². The highest BCUT2D eigenvalue weighted by molar-refractivity contribution is 5.88. The fourth-order valence-corrected chi connectivity index (χ4v) is 1.71. The molecule has 0 N–H and O–H groups in total. The molecule has 0 aromatic carbocycles. The zero-order valence-electron chi connectivity index (χ0n) is 9.64. The van der Waals surface area contributed by atoms with Gasteiger partial charge in [-0.25, -0.2) is 0 Å². The van der Waals surface area contributed by atoms with Crippen LogP contribution in [0.2, 0.25) is 0 Å². The van der Waals surface area contributed by atoms with Gasteiger partial charge in [0.05, 0.1) is 12.2 Å². The molecule has 3 heteroatoms. The van der Waals surface area contributed by atoms with E-state index in [1.807, 2.05) is 37.8 Å². The van der Waals surface area contributed by atoms with Gasteiger partial charge in [-0.15, -0.1) is 0 Å². The molecule has 1 amide bonds. The van der Waals surface area contributed by atoms with Gasteiger partial charge in [0.25, 0.3) is 0 Å². The number of morpholine rings is 1. The second-order valence-electron chi connectivity index (χ2n) is 3.89. The Bertz CT molecular complexity index is 261. The molecule has 1 fully saturated rings. The molecule has 2 atom stereocenters. The van der Waals surface area contributed by atoms with Gasteiger partial charge in [0, 0.05) is 19.2 Å². The molecule has 0 aliphatic carbocycles. The van der Waals surface area contributed by atoms with Crippen LogP contribution in [-0.4, -0.2) is 36.1 Å². The van der Waals surface area contributed by atoms with E-state index in [1.54, 1.807) is 12.2 Å². The van der Waals surface area contributed by atoms with Crippen LogP contribution in [0.15, 0.2) is 24.3 Å². The van der Waals surface area contributed by atoms with Crippen LogP contribution < -0.4 is 0 Å². The molecule has 1 aliphatic rings. The first-order valence-electron chi connectivity index (χ1n) is 5.37. The first kappa shape index (κ1) is 12.0. The van der Waals surface area contributed by atoms with Crippen LogP contribution in [0.3, 0.4) is 0 Å². The van der Waals surface area contributed by atoms with Crippen molar-refractivity contribution in [3.8, 4) is 0 Å². The summed E-state index contributed by atoms with van der Waals surface area (Å²) < 4.78 is 5.56. The maximum Gasteiger partial charge on any atom is 0.246 e. The summed E-state index contributed by atoms with van der Waals surface area (Å²) in [5.74, 6) is 0.0649. The Balaban J connectivity index is 2.51. The molecular formula is C12H19NO2. The van der Waals surface area contributed by atoms with E-state index in [-0.39, 0.29) is 18.1 Å². The lowest BCUT2D eigenvalue weighted by atomic mass is 10.2. The second-order valence-corrected chi connectivity index (χ2v) is 3.89. The van der Waals surface area contributed by atoms with E-state index in [0.717, 1.165) is 0 Å². The summed E-state index contributed by atoms with van der Waals surface area (Å²) >= 11 is 0. The quantitative estimate of drug-likeness (QED) is 0.512. The Morgan fingerprint density at radius 1 is 1.27 bits per heavy atom. The topological polar surface area (TPSA) is 29.5 Å². The van der Waals surface area contributed by atoms with Gasteiger partial charge in [-0.1, -0.05) is 18.2 Å². The minimum absolute atomic E-state index is 0.0649. The number of allylic oxidation sites excluding steroid dienone is 3.